The van der Waals surface area contributed by atoms with Gasteiger partial charge in [-0.3, -0.25) is 4.79 Å². The summed E-state index contributed by atoms with van der Waals surface area (Å²) in [4.78, 5) is 12.1. The van der Waals surface area contributed by atoms with Gasteiger partial charge in [0.05, 0.1) is 17.3 Å². The molecule has 0 saturated heterocycles. The van der Waals surface area contributed by atoms with E-state index in [1.807, 2.05) is 0 Å². The second-order valence-corrected chi connectivity index (χ2v) is 4.59. The third-order valence-electron chi connectivity index (χ3n) is 3.07. The predicted molar refractivity (Wildman–Crippen MR) is 69.9 cm³/mol. The topological polar surface area (TPSA) is 75.4 Å². The molecule has 106 valence electrons. The molecule has 1 unspecified atom stereocenters. The Bertz CT molecular complexity index is 632. The van der Waals surface area contributed by atoms with Crippen LogP contribution in [-0.4, -0.2) is 16.2 Å². The van der Waals surface area contributed by atoms with Gasteiger partial charge in [-0.05, 0) is 32.9 Å². The summed E-state index contributed by atoms with van der Waals surface area (Å²) in [5.41, 5.74) is 1.50. The Balaban J connectivity index is 2.19. The molecule has 2 N–H and O–H groups in total. The fourth-order valence-corrected chi connectivity index (χ4v) is 2.15. The zero-order chi connectivity index (χ0) is 14.9. The van der Waals surface area contributed by atoms with E-state index in [2.05, 4.69) is 10.5 Å². The SMILES string of the molecule is Cc1noc(C)c1C(C)NC(=O)c1ccc(F)cc1O. The van der Waals surface area contributed by atoms with Crippen molar-refractivity contribution < 1.29 is 18.8 Å². The van der Waals surface area contributed by atoms with E-state index in [-0.39, 0.29) is 11.6 Å². The van der Waals surface area contributed by atoms with Gasteiger partial charge >= 0.3 is 0 Å². The zero-order valence-corrected chi connectivity index (χ0v) is 11.4. The van der Waals surface area contributed by atoms with E-state index in [4.69, 9.17) is 4.52 Å². The maximum absolute atomic E-state index is 12.9. The van der Waals surface area contributed by atoms with Crippen LogP contribution in [0.25, 0.3) is 0 Å². The van der Waals surface area contributed by atoms with Crippen molar-refractivity contribution >= 4 is 5.91 Å². The first-order valence-electron chi connectivity index (χ1n) is 6.12. The standard InChI is InChI=1S/C14H15FN2O3/c1-7(13-8(2)17-20-9(13)3)16-14(19)11-5-4-10(15)6-12(11)18/h4-7,18H,1-3H3,(H,16,19). The molecule has 0 bridgehead atoms. The molecule has 1 atom stereocenters. The lowest BCUT2D eigenvalue weighted by molar-refractivity contribution is 0.0937. The molecular weight excluding hydrogens is 263 g/mol. The van der Waals surface area contributed by atoms with Crippen molar-refractivity contribution in [2.45, 2.75) is 26.8 Å². The summed E-state index contributed by atoms with van der Waals surface area (Å²) in [6, 6.07) is 2.92. The minimum Gasteiger partial charge on any atom is -0.507 e. The van der Waals surface area contributed by atoms with Gasteiger partial charge in [-0.1, -0.05) is 5.16 Å². The Labute approximate surface area is 115 Å². The number of carbonyl (C=O) groups excluding carboxylic acids is 1. The van der Waals surface area contributed by atoms with Crippen LogP contribution < -0.4 is 5.32 Å². The molecule has 1 aromatic heterocycles. The molecule has 0 aliphatic carbocycles. The summed E-state index contributed by atoms with van der Waals surface area (Å²) in [7, 11) is 0. The predicted octanol–water partition coefficient (Wildman–Crippen LogP) is 2.63. The number of aromatic hydroxyl groups is 1. The number of nitrogens with one attached hydrogen (secondary N) is 1. The smallest absolute Gasteiger partial charge is 0.255 e. The number of amides is 1. The maximum Gasteiger partial charge on any atom is 0.255 e. The number of nitrogens with zero attached hydrogens (tertiary/aromatic N) is 1. The number of phenols is 1. The summed E-state index contributed by atoms with van der Waals surface area (Å²) in [6.45, 7) is 5.32. The van der Waals surface area contributed by atoms with E-state index >= 15 is 0 Å². The molecule has 1 amide bonds. The van der Waals surface area contributed by atoms with E-state index in [0.717, 1.165) is 17.7 Å². The summed E-state index contributed by atoms with van der Waals surface area (Å²) in [6.07, 6.45) is 0. The van der Waals surface area contributed by atoms with Gasteiger partial charge in [0, 0.05) is 11.6 Å². The lowest BCUT2D eigenvalue weighted by Crippen LogP contribution is -2.27. The third kappa shape index (κ3) is 2.64. The number of phenolic OH excluding ortho intramolecular Hbond substituents is 1. The molecule has 0 aliphatic rings. The van der Waals surface area contributed by atoms with Gasteiger partial charge in [-0.2, -0.15) is 0 Å². The summed E-state index contributed by atoms with van der Waals surface area (Å²) in [5, 5.41) is 16.1. The number of benzene rings is 1. The molecule has 5 nitrogen and oxygen atoms in total. The third-order valence-corrected chi connectivity index (χ3v) is 3.07. The van der Waals surface area contributed by atoms with Gasteiger partial charge in [0.2, 0.25) is 0 Å². The minimum atomic E-state index is -0.599. The van der Waals surface area contributed by atoms with Gasteiger partial charge in [-0.15, -0.1) is 0 Å². The first-order chi connectivity index (χ1) is 9.40. The fourth-order valence-electron chi connectivity index (χ4n) is 2.15. The van der Waals surface area contributed by atoms with Crippen molar-refractivity contribution in [3.63, 3.8) is 0 Å². The normalized spacial score (nSPS) is 12.2. The highest BCUT2D eigenvalue weighted by Gasteiger charge is 2.20. The van der Waals surface area contributed by atoms with Crippen LogP contribution in [0.1, 0.15) is 40.3 Å². The Kier molecular flexibility index (Phi) is 3.74. The van der Waals surface area contributed by atoms with Gasteiger partial charge in [0.15, 0.2) is 0 Å². The molecule has 0 fully saturated rings. The fraction of sp³-hybridized carbons (Fsp3) is 0.286. The maximum atomic E-state index is 12.9. The van der Waals surface area contributed by atoms with Crippen LogP contribution in [0.3, 0.4) is 0 Å². The Morgan fingerprint density at radius 2 is 2.15 bits per heavy atom. The van der Waals surface area contributed by atoms with Gasteiger partial charge in [0.1, 0.15) is 17.3 Å². The second-order valence-electron chi connectivity index (χ2n) is 4.59. The van der Waals surface area contributed by atoms with Crippen LogP contribution >= 0.6 is 0 Å². The molecule has 1 heterocycles. The lowest BCUT2D eigenvalue weighted by atomic mass is 10.1. The van der Waals surface area contributed by atoms with Crippen LogP contribution in [0.2, 0.25) is 0 Å². The highest BCUT2D eigenvalue weighted by Crippen LogP contribution is 2.23. The van der Waals surface area contributed by atoms with Crippen molar-refractivity contribution in [2.24, 2.45) is 0 Å². The van der Waals surface area contributed by atoms with Crippen LogP contribution in [0.5, 0.6) is 5.75 Å². The van der Waals surface area contributed by atoms with E-state index in [1.165, 1.54) is 6.07 Å². The van der Waals surface area contributed by atoms with E-state index in [9.17, 15) is 14.3 Å². The Hall–Kier alpha value is -2.37. The minimum absolute atomic E-state index is 0.0185. The largest absolute Gasteiger partial charge is 0.507 e. The van der Waals surface area contributed by atoms with E-state index < -0.39 is 17.5 Å². The summed E-state index contributed by atoms with van der Waals surface area (Å²) >= 11 is 0. The lowest BCUT2D eigenvalue weighted by Gasteiger charge is -2.14. The van der Waals surface area contributed by atoms with Gasteiger partial charge in [0.25, 0.3) is 5.91 Å². The average molecular weight is 278 g/mol. The highest BCUT2D eigenvalue weighted by molar-refractivity contribution is 5.97. The number of hydrogen-bond acceptors (Lipinski definition) is 4. The quantitative estimate of drug-likeness (QED) is 0.905. The van der Waals surface area contributed by atoms with Crippen molar-refractivity contribution in [1.82, 2.24) is 10.5 Å². The number of rotatable bonds is 3. The van der Waals surface area contributed by atoms with E-state index in [1.54, 1.807) is 20.8 Å². The van der Waals surface area contributed by atoms with Crippen LogP contribution in [0.15, 0.2) is 22.7 Å². The van der Waals surface area contributed by atoms with Crippen molar-refractivity contribution in [3.8, 4) is 5.75 Å². The number of aryl methyl sites for hydroxylation is 2. The number of halogens is 1. The average Bonchev–Trinajstić information content (AvgIpc) is 2.68. The van der Waals surface area contributed by atoms with Crippen molar-refractivity contribution in [2.75, 3.05) is 0 Å². The number of aromatic nitrogens is 1. The monoisotopic (exact) mass is 278 g/mol. The molecule has 20 heavy (non-hydrogen) atoms. The molecule has 2 rings (SSSR count). The summed E-state index contributed by atoms with van der Waals surface area (Å²) < 4.78 is 17.9. The Morgan fingerprint density at radius 1 is 1.45 bits per heavy atom. The van der Waals surface area contributed by atoms with Crippen LogP contribution in [0.4, 0.5) is 4.39 Å². The zero-order valence-electron chi connectivity index (χ0n) is 11.4. The van der Waals surface area contributed by atoms with Gasteiger partial charge in [-0.25, -0.2) is 4.39 Å². The molecule has 0 aliphatic heterocycles. The molecule has 0 spiro atoms. The van der Waals surface area contributed by atoms with Crippen LogP contribution in [-0.2, 0) is 0 Å². The number of hydrogen-bond donors (Lipinski definition) is 2. The Morgan fingerprint density at radius 3 is 2.70 bits per heavy atom. The first-order valence-corrected chi connectivity index (χ1v) is 6.12. The van der Waals surface area contributed by atoms with Crippen molar-refractivity contribution in [3.05, 3.63) is 46.6 Å². The molecule has 0 saturated carbocycles. The summed E-state index contributed by atoms with van der Waals surface area (Å²) in [5.74, 6) is -0.861. The second kappa shape index (κ2) is 5.32. The molecule has 0 radical (unpaired) electrons. The molecule has 2 aromatic rings. The van der Waals surface area contributed by atoms with Crippen LogP contribution in [0, 0.1) is 19.7 Å². The van der Waals surface area contributed by atoms with E-state index in [0.29, 0.717) is 11.5 Å². The molecule has 1 aromatic carbocycles. The van der Waals surface area contributed by atoms with Gasteiger partial charge < -0.3 is 14.9 Å². The number of carbonyl (C=O) groups is 1. The molecular formula is C14H15FN2O3. The van der Waals surface area contributed by atoms with Crippen molar-refractivity contribution in [1.29, 1.82) is 0 Å². The molecule has 6 heteroatoms. The first kappa shape index (κ1) is 14.0. The highest BCUT2D eigenvalue weighted by atomic mass is 19.1.